The normalized spacial score (nSPS) is 14.4. The van der Waals surface area contributed by atoms with Crippen molar-refractivity contribution in [2.45, 2.75) is 32.2 Å². The predicted octanol–water partition coefficient (Wildman–Crippen LogP) is 4.12. The number of hydrogen-bond donors (Lipinski definition) is 1. The highest BCUT2D eigenvalue weighted by Gasteiger charge is 2.38. The van der Waals surface area contributed by atoms with E-state index < -0.39 is 11.8 Å². The maximum Gasteiger partial charge on any atom is 0.289 e. The van der Waals surface area contributed by atoms with Gasteiger partial charge in [-0.1, -0.05) is 17.9 Å². The maximum absolute atomic E-state index is 14.0. The molecule has 1 aliphatic rings. The zero-order valence-electron chi connectivity index (χ0n) is 15.7. The number of aromatic nitrogens is 3. The van der Waals surface area contributed by atoms with Crippen LogP contribution in [0.25, 0.3) is 0 Å². The number of nitrogens with one attached hydrogen (secondary N) is 1. The van der Waals surface area contributed by atoms with Gasteiger partial charge in [-0.2, -0.15) is 13.9 Å². The Morgan fingerprint density at radius 2 is 2.10 bits per heavy atom. The van der Waals surface area contributed by atoms with Crippen LogP contribution in [0.3, 0.4) is 0 Å². The maximum atomic E-state index is 14.0. The van der Waals surface area contributed by atoms with Gasteiger partial charge in [-0.15, -0.1) is 0 Å². The average Bonchev–Trinajstić information content (AvgIpc) is 3.12. The van der Waals surface area contributed by atoms with E-state index in [1.165, 1.54) is 10.7 Å². The molecule has 0 saturated carbocycles. The largest absolute Gasteiger partial charge is 0.305 e. The molecule has 3 heterocycles. The van der Waals surface area contributed by atoms with E-state index in [-0.39, 0.29) is 17.9 Å². The summed E-state index contributed by atoms with van der Waals surface area (Å²) in [5.41, 5.74) is 2.62. The van der Waals surface area contributed by atoms with Gasteiger partial charge in [0.15, 0.2) is 5.82 Å². The van der Waals surface area contributed by atoms with Crippen LogP contribution in [0.5, 0.6) is 0 Å². The van der Waals surface area contributed by atoms with Gasteiger partial charge in [-0.3, -0.25) is 14.5 Å². The third-order valence-electron chi connectivity index (χ3n) is 4.76. The summed E-state index contributed by atoms with van der Waals surface area (Å²) in [6.07, 6.45) is 3.48. The summed E-state index contributed by atoms with van der Waals surface area (Å²) in [6, 6.07) is 10.0. The van der Waals surface area contributed by atoms with E-state index in [2.05, 4.69) is 27.2 Å². The smallest absolute Gasteiger partial charge is 0.289 e. The van der Waals surface area contributed by atoms with Crippen molar-refractivity contribution in [1.82, 2.24) is 14.8 Å². The van der Waals surface area contributed by atoms with Gasteiger partial charge in [0.2, 0.25) is 0 Å². The number of benzene rings is 1. The Morgan fingerprint density at radius 1 is 1.24 bits per heavy atom. The number of pyridine rings is 1. The Labute approximate surface area is 166 Å². The van der Waals surface area contributed by atoms with Gasteiger partial charge in [-0.25, -0.2) is 0 Å². The molecule has 7 heteroatoms. The molecule has 0 unspecified atom stereocenters. The highest BCUT2D eigenvalue weighted by atomic mass is 19.3. The van der Waals surface area contributed by atoms with Crippen LogP contribution in [-0.4, -0.2) is 20.7 Å². The first-order valence-corrected chi connectivity index (χ1v) is 9.22. The lowest BCUT2D eigenvalue weighted by molar-refractivity contribution is -0.0364. The quantitative estimate of drug-likeness (QED) is 0.668. The Hall–Kier alpha value is -3.53. The van der Waals surface area contributed by atoms with E-state index >= 15 is 0 Å². The van der Waals surface area contributed by atoms with Crippen LogP contribution in [0, 0.1) is 18.8 Å². The molecule has 1 amide bonds. The third-order valence-corrected chi connectivity index (χ3v) is 4.76. The van der Waals surface area contributed by atoms with Crippen molar-refractivity contribution in [3.05, 3.63) is 76.7 Å². The fourth-order valence-corrected chi connectivity index (χ4v) is 3.18. The molecule has 29 heavy (non-hydrogen) atoms. The molecule has 146 valence electrons. The number of nitrogens with zero attached hydrogens (tertiary/aromatic N) is 3. The average molecular weight is 392 g/mol. The van der Waals surface area contributed by atoms with Crippen molar-refractivity contribution >= 4 is 11.7 Å². The van der Waals surface area contributed by atoms with Gasteiger partial charge >= 0.3 is 0 Å². The Balaban J connectivity index is 1.56. The van der Waals surface area contributed by atoms with Crippen molar-refractivity contribution in [3.8, 4) is 11.8 Å². The first kappa shape index (κ1) is 18.8. The van der Waals surface area contributed by atoms with Crippen molar-refractivity contribution in [3.63, 3.8) is 0 Å². The number of halogens is 2. The van der Waals surface area contributed by atoms with Gasteiger partial charge in [0.1, 0.15) is 5.69 Å². The summed E-state index contributed by atoms with van der Waals surface area (Å²) in [5, 5.41) is 6.71. The van der Waals surface area contributed by atoms with E-state index in [0.717, 1.165) is 11.1 Å². The number of carbonyl (C=O) groups excluding carboxylic acids is 1. The molecule has 0 fully saturated rings. The van der Waals surface area contributed by atoms with Crippen LogP contribution in [0.2, 0.25) is 0 Å². The standard InChI is InChI=1S/C22H18F2N4O/c1-15-5-7-18(12-17(15)8-6-16-4-2-10-25-14-16)21(29)26-20-13-19-22(23,24)9-3-11-28(19)27-20/h2,4-5,7,10,12-14H,3,9,11H2,1H3,(H,26,27,29). The van der Waals surface area contributed by atoms with E-state index in [9.17, 15) is 13.6 Å². The molecule has 5 nitrogen and oxygen atoms in total. The van der Waals surface area contributed by atoms with E-state index in [1.54, 1.807) is 36.7 Å². The Bertz CT molecular complexity index is 1130. The van der Waals surface area contributed by atoms with E-state index in [4.69, 9.17) is 0 Å². The zero-order valence-corrected chi connectivity index (χ0v) is 15.7. The second-order valence-electron chi connectivity index (χ2n) is 6.92. The zero-order chi connectivity index (χ0) is 20.4. The summed E-state index contributed by atoms with van der Waals surface area (Å²) in [7, 11) is 0. The van der Waals surface area contributed by atoms with E-state index in [1.807, 2.05) is 13.0 Å². The molecular formula is C22H18F2N4O. The summed E-state index contributed by atoms with van der Waals surface area (Å²) < 4.78 is 29.3. The van der Waals surface area contributed by atoms with Gasteiger partial charge in [0, 0.05) is 48.1 Å². The van der Waals surface area contributed by atoms with Gasteiger partial charge < -0.3 is 5.32 Å². The number of amides is 1. The van der Waals surface area contributed by atoms with Crippen molar-refractivity contribution in [2.75, 3.05) is 5.32 Å². The molecule has 4 rings (SSSR count). The van der Waals surface area contributed by atoms with Crippen LogP contribution >= 0.6 is 0 Å². The van der Waals surface area contributed by atoms with Crippen LogP contribution < -0.4 is 5.32 Å². The second-order valence-corrected chi connectivity index (χ2v) is 6.92. The van der Waals surface area contributed by atoms with Crippen LogP contribution in [0.1, 0.15) is 45.6 Å². The van der Waals surface area contributed by atoms with E-state index in [0.29, 0.717) is 24.1 Å². The summed E-state index contributed by atoms with van der Waals surface area (Å²) >= 11 is 0. The minimum Gasteiger partial charge on any atom is -0.305 e. The van der Waals surface area contributed by atoms with Crippen molar-refractivity contribution < 1.29 is 13.6 Å². The molecule has 0 aliphatic carbocycles. The van der Waals surface area contributed by atoms with Crippen LogP contribution in [0.4, 0.5) is 14.6 Å². The molecule has 3 aromatic rings. The molecule has 0 radical (unpaired) electrons. The van der Waals surface area contributed by atoms with Gasteiger partial charge in [0.25, 0.3) is 11.8 Å². The molecule has 1 aliphatic heterocycles. The molecule has 0 spiro atoms. The number of anilines is 1. The molecule has 1 N–H and O–H groups in total. The second kappa shape index (κ2) is 7.47. The summed E-state index contributed by atoms with van der Waals surface area (Å²) in [5.74, 6) is 2.84. The molecule has 0 saturated heterocycles. The molecule has 2 aromatic heterocycles. The summed E-state index contributed by atoms with van der Waals surface area (Å²) in [6.45, 7) is 2.32. The van der Waals surface area contributed by atoms with Gasteiger partial charge in [0.05, 0.1) is 0 Å². The minimum atomic E-state index is -2.92. The monoisotopic (exact) mass is 392 g/mol. The van der Waals surface area contributed by atoms with Crippen LogP contribution in [-0.2, 0) is 12.5 Å². The highest BCUT2D eigenvalue weighted by molar-refractivity contribution is 6.04. The fraction of sp³-hybridized carbons (Fsp3) is 0.227. The Morgan fingerprint density at radius 3 is 2.86 bits per heavy atom. The first-order valence-electron chi connectivity index (χ1n) is 9.22. The number of alkyl halides is 2. The lowest BCUT2D eigenvalue weighted by Crippen LogP contribution is -2.25. The SMILES string of the molecule is Cc1ccc(C(=O)Nc2cc3n(n2)CCCC3(F)F)cc1C#Cc1cccnc1. The lowest BCUT2D eigenvalue weighted by Gasteiger charge is -2.22. The lowest BCUT2D eigenvalue weighted by atomic mass is 10.0. The predicted molar refractivity (Wildman–Crippen MR) is 105 cm³/mol. The van der Waals surface area contributed by atoms with Gasteiger partial charge in [-0.05, 0) is 43.2 Å². The highest BCUT2D eigenvalue weighted by Crippen LogP contribution is 2.37. The first-order chi connectivity index (χ1) is 13.9. The number of aryl methyl sites for hydroxylation is 2. The third kappa shape index (κ3) is 4.02. The Kier molecular flexibility index (Phi) is 4.85. The molecule has 1 aromatic carbocycles. The van der Waals surface area contributed by atoms with Crippen LogP contribution in [0.15, 0.2) is 48.8 Å². The minimum absolute atomic E-state index is 0.121. The molecule has 0 bridgehead atoms. The number of fused-ring (bicyclic) bond motifs is 1. The molecule has 0 atom stereocenters. The number of rotatable bonds is 2. The topological polar surface area (TPSA) is 59.8 Å². The molecular weight excluding hydrogens is 374 g/mol. The van der Waals surface area contributed by atoms with Crippen molar-refractivity contribution in [2.24, 2.45) is 0 Å². The number of hydrogen-bond acceptors (Lipinski definition) is 3. The van der Waals surface area contributed by atoms with Crippen molar-refractivity contribution in [1.29, 1.82) is 0 Å². The number of carbonyl (C=O) groups is 1. The summed E-state index contributed by atoms with van der Waals surface area (Å²) in [4.78, 5) is 16.6. The fourth-order valence-electron chi connectivity index (χ4n) is 3.18.